The summed E-state index contributed by atoms with van der Waals surface area (Å²) in [5.74, 6) is -9.03. The maximum Gasteiger partial charge on any atom is 0.435 e. The van der Waals surface area contributed by atoms with E-state index in [9.17, 15) is 31.5 Å². The Morgan fingerprint density at radius 3 is 2.55 bits per heavy atom. The van der Waals surface area contributed by atoms with Gasteiger partial charge in [-0.05, 0) is 72.4 Å². The zero-order valence-electron chi connectivity index (χ0n) is 26.4. The molecule has 51 heavy (non-hydrogen) atoms. The molecule has 8 rings (SSSR count). The van der Waals surface area contributed by atoms with Crippen molar-refractivity contribution in [1.82, 2.24) is 30.4 Å². The summed E-state index contributed by atoms with van der Waals surface area (Å²) < 4.78 is 104. The molecular weight excluding hydrogens is 722 g/mol. The van der Waals surface area contributed by atoms with Gasteiger partial charge >= 0.3 is 6.18 Å². The molecule has 1 fully saturated rings. The average molecular weight is 747 g/mol. The smallest absolute Gasteiger partial charge is 0.348 e. The van der Waals surface area contributed by atoms with Gasteiger partial charge in [0.2, 0.25) is 5.91 Å². The van der Waals surface area contributed by atoms with E-state index in [1.165, 1.54) is 23.1 Å². The molecule has 0 unspecified atom stereocenters. The summed E-state index contributed by atoms with van der Waals surface area (Å²) in [6, 6.07) is 8.51. The van der Waals surface area contributed by atoms with E-state index < -0.39 is 71.0 Å². The number of hydrogen-bond donors (Lipinski definition) is 2. The van der Waals surface area contributed by atoms with E-state index in [1.54, 1.807) is 24.3 Å². The van der Waals surface area contributed by atoms with E-state index in [0.29, 0.717) is 48.7 Å². The third kappa shape index (κ3) is 5.73. The summed E-state index contributed by atoms with van der Waals surface area (Å²) in [7, 11) is 0. The fourth-order valence-corrected chi connectivity index (χ4v) is 8.80. The van der Waals surface area contributed by atoms with Crippen LogP contribution in [0.2, 0.25) is 0 Å². The lowest BCUT2D eigenvalue weighted by Crippen LogP contribution is -2.36. The van der Waals surface area contributed by atoms with Gasteiger partial charge in [-0.3, -0.25) is 14.3 Å². The molecule has 2 aromatic carbocycles. The van der Waals surface area contributed by atoms with Crippen molar-refractivity contribution in [2.75, 3.05) is 6.26 Å². The van der Waals surface area contributed by atoms with Crippen LogP contribution in [0.5, 0.6) is 0 Å². The number of thiazole rings is 1. The van der Waals surface area contributed by atoms with Crippen LogP contribution < -0.4 is 10.6 Å². The molecule has 2 N–H and O–H groups in total. The number of alkyl halides is 5. The lowest BCUT2D eigenvalue weighted by atomic mass is 9.73. The van der Waals surface area contributed by atoms with Crippen molar-refractivity contribution >= 4 is 45.3 Å². The first-order chi connectivity index (χ1) is 24.2. The molecule has 1 saturated carbocycles. The van der Waals surface area contributed by atoms with Gasteiger partial charge < -0.3 is 10.6 Å². The second-order valence-electron chi connectivity index (χ2n) is 12.8. The molecule has 2 aliphatic carbocycles. The van der Waals surface area contributed by atoms with E-state index in [2.05, 4.69) is 20.7 Å². The van der Waals surface area contributed by atoms with Gasteiger partial charge in [0.25, 0.3) is 11.8 Å². The number of pyridine rings is 1. The van der Waals surface area contributed by atoms with Crippen molar-refractivity contribution in [2.24, 2.45) is 5.92 Å². The normalized spacial score (nSPS) is 19.3. The van der Waals surface area contributed by atoms with Gasteiger partial charge in [-0.15, -0.1) is 11.3 Å². The van der Waals surface area contributed by atoms with E-state index in [0.717, 1.165) is 17.7 Å². The molecule has 1 aliphatic heterocycles. The number of hydrogen-bond acceptors (Lipinski definition) is 7. The van der Waals surface area contributed by atoms with Crippen molar-refractivity contribution in [1.29, 1.82) is 0 Å². The molecule has 0 spiro atoms. The molecule has 8 nitrogen and oxygen atoms in total. The predicted molar refractivity (Wildman–Crippen MR) is 173 cm³/mol. The van der Waals surface area contributed by atoms with Crippen LogP contribution in [0.15, 0.2) is 46.8 Å². The molecule has 0 radical (unpaired) electrons. The number of fused-ring (bicyclic) bond motifs is 5. The van der Waals surface area contributed by atoms with Crippen LogP contribution in [0.25, 0.3) is 21.5 Å². The van der Waals surface area contributed by atoms with Crippen LogP contribution in [0.1, 0.15) is 68.9 Å². The van der Waals surface area contributed by atoms with Crippen LogP contribution in [-0.4, -0.2) is 37.8 Å². The van der Waals surface area contributed by atoms with Crippen molar-refractivity contribution in [3.63, 3.8) is 0 Å². The summed E-state index contributed by atoms with van der Waals surface area (Å²) in [4.78, 5) is 35.7. The predicted octanol–water partition coefficient (Wildman–Crippen LogP) is 7.52. The first-order valence-electron chi connectivity index (χ1n) is 15.8. The van der Waals surface area contributed by atoms with E-state index in [-0.39, 0.29) is 36.4 Å². The summed E-state index contributed by atoms with van der Waals surface area (Å²) >= 11 is 2.72. The lowest BCUT2D eigenvalue weighted by molar-refractivity contribution is -0.144. The van der Waals surface area contributed by atoms with Gasteiger partial charge in [0.1, 0.15) is 23.9 Å². The number of carbonyl (C=O) groups excluding carboxylic acids is 2. The monoisotopic (exact) mass is 746 g/mol. The van der Waals surface area contributed by atoms with Gasteiger partial charge in [-0.2, -0.15) is 27.1 Å². The number of rotatable bonds is 8. The van der Waals surface area contributed by atoms with Crippen LogP contribution in [0.4, 0.5) is 30.7 Å². The number of nitrogens with one attached hydrogen (secondary N) is 2. The van der Waals surface area contributed by atoms with Gasteiger partial charge in [-0.1, -0.05) is 23.9 Å². The first kappa shape index (κ1) is 33.6. The molecule has 17 heteroatoms. The van der Waals surface area contributed by atoms with Crippen molar-refractivity contribution in [2.45, 2.75) is 60.8 Å². The lowest BCUT2D eigenvalue weighted by Gasteiger charge is -2.34. The molecule has 3 aromatic heterocycles. The third-order valence-corrected chi connectivity index (χ3v) is 11.7. The molecule has 4 heterocycles. The van der Waals surface area contributed by atoms with Gasteiger partial charge in [0.15, 0.2) is 15.7 Å². The van der Waals surface area contributed by atoms with E-state index in [4.69, 9.17) is 4.98 Å². The maximum absolute atomic E-state index is 15.5. The van der Waals surface area contributed by atoms with Gasteiger partial charge in [0, 0.05) is 35.2 Å². The van der Waals surface area contributed by atoms with Crippen LogP contribution >= 0.6 is 23.1 Å². The highest BCUT2D eigenvalue weighted by molar-refractivity contribution is 8.00. The van der Waals surface area contributed by atoms with Gasteiger partial charge in [-0.25, -0.2) is 18.7 Å². The number of thioether (sulfide) groups is 1. The largest absolute Gasteiger partial charge is 0.435 e. The molecule has 3 atom stereocenters. The molecule has 5 aromatic rings. The Balaban J connectivity index is 1.23. The number of carbonyl (C=O) groups is 2. The first-order valence-corrected chi connectivity index (χ1v) is 17.8. The highest BCUT2D eigenvalue weighted by Crippen LogP contribution is 2.64. The molecule has 0 saturated heterocycles. The SMILES string of the molecule is CSc1nc2nc([C@H](Cc3cc(F)cc(F)c3)NC(=O)Cn3nc(C(F)(F)F)c4c3C(F)(F)[C@@H]3CC[C@H]43)c(-c3ccc4c(c3)C(=O)NC4)cc2s1. The third-order valence-electron chi connectivity index (χ3n) is 9.68. The molecule has 264 valence electrons. The Labute approximate surface area is 292 Å². The Morgan fingerprint density at radius 2 is 1.86 bits per heavy atom. The Bertz CT molecular complexity index is 2250. The quantitative estimate of drug-likeness (QED) is 0.126. The Morgan fingerprint density at radius 1 is 1.10 bits per heavy atom. The fourth-order valence-electron chi connectivity index (χ4n) is 7.34. The van der Waals surface area contributed by atoms with Crippen molar-refractivity contribution < 1.29 is 40.3 Å². The van der Waals surface area contributed by atoms with Crippen molar-refractivity contribution in [3.05, 3.63) is 93.4 Å². The minimum Gasteiger partial charge on any atom is -0.348 e. The summed E-state index contributed by atoms with van der Waals surface area (Å²) in [6.45, 7) is -0.659. The zero-order valence-corrected chi connectivity index (χ0v) is 28.0. The van der Waals surface area contributed by atoms with E-state index >= 15 is 8.78 Å². The van der Waals surface area contributed by atoms with Crippen LogP contribution in [0, 0.1) is 17.6 Å². The number of benzene rings is 2. The number of halogens is 7. The second-order valence-corrected chi connectivity index (χ2v) is 14.8. The summed E-state index contributed by atoms with van der Waals surface area (Å²) in [5, 5.41) is 8.93. The molecular formula is C34H25F7N6O2S2. The molecule has 2 amide bonds. The number of amides is 2. The molecule has 3 aliphatic rings. The number of aromatic nitrogens is 4. The highest BCUT2D eigenvalue weighted by Gasteiger charge is 2.63. The summed E-state index contributed by atoms with van der Waals surface area (Å²) in [5.41, 5.74) is -0.239. The molecule has 0 bridgehead atoms. The second kappa shape index (κ2) is 12.0. The Kier molecular flexibility index (Phi) is 7.94. The number of nitrogens with zero attached hydrogens (tertiary/aromatic N) is 4. The minimum absolute atomic E-state index is 0.0399. The van der Waals surface area contributed by atoms with Crippen LogP contribution in [-0.2, 0) is 36.4 Å². The fraction of sp³-hybridized carbons (Fsp3) is 0.324. The maximum atomic E-state index is 15.5. The van der Waals surface area contributed by atoms with E-state index in [1.807, 2.05) is 6.26 Å². The summed E-state index contributed by atoms with van der Waals surface area (Å²) in [6.07, 6.45) is -3.27. The highest BCUT2D eigenvalue weighted by atomic mass is 32.2. The van der Waals surface area contributed by atoms with Crippen LogP contribution in [0.3, 0.4) is 0 Å². The standard InChI is InChI=1S/C34H25F7N6O2S2/c1-50-32-45-30-24(51-32)11-20(15-2-3-16-12-42-31(49)21(16)9-15)27(44-30)23(8-14-6-17(35)10-18(36)7-14)43-25(48)13-47-29-26(28(46-47)34(39,40)41)19-4-5-22(19)33(29,37)38/h2-3,6-7,9-11,19,22-23H,4-5,8,12-13H2,1H3,(H,42,49)(H,43,48)/t19-,22+,23-/m0/s1. The topological polar surface area (TPSA) is 102 Å². The van der Waals surface area contributed by atoms with Gasteiger partial charge in [0.05, 0.1) is 16.4 Å². The Hall–Kier alpha value is -4.51. The zero-order chi connectivity index (χ0) is 36.0. The average Bonchev–Trinajstić information content (AvgIpc) is 3.76. The minimum atomic E-state index is -5.03. The van der Waals surface area contributed by atoms with Crippen molar-refractivity contribution in [3.8, 4) is 11.1 Å².